The summed E-state index contributed by atoms with van der Waals surface area (Å²) in [6.07, 6.45) is 4.62. The van der Waals surface area contributed by atoms with Gasteiger partial charge in [0.1, 0.15) is 4.99 Å². The van der Waals surface area contributed by atoms with Crippen LogP contribution < -0.4 is 10.6 Å². The van der Waals surface area contributed by atoms with Crippen molar-refractivity contribution in [2.75, 3.05) is 39.1 Å². The van der Waals surface area contributed by atoms with Gasteiger partial charge in [-0.15, -0.1) is 0 Å². The fourth-order valence-corrected chi connectivity index (χ4v) is 1.82. The minimum Gasteiger partial charge on any atom is -0.389 e. The summed E-state index contributed by atoms with van der Waals surface area (Å²) in [7, 11) is 6.18. The van der Waals surface area contributed by atoms with Crippen LogP contribution in [0.3, 0.4) is 0 Å². The molecule has 2 N–H and O–H groups in total. The van der Waals surface area contributed by atoms with Crippen molar-refractivity contribution < 1.29 is 0 Å². The summed E-state index contributed by atoms with van der Waals surface area (Å²) in [4.78, 5) is 8.86. The van der Waals surface area contributed by atoms with Crippen LogP contribution in [0.15, 0.2) is 18.5 Å². The average molecular weight is 252 g/mol. The molecule has 0 atom stereocenters. The van der Waals surface area contributed by atoms with Crippen molar-refractivity contribution in [2.45, 2.75) is 6.42 Å². The molecule has 1 heterocycles. The van der Waals surface area contributed by atoms with Gasteiger partial charge in [-0.1, -0.05) is 12.2 Å². The molecular formula is C12H20N4S. The van der Waals surface area contributed by atoms with Gasteiger partial charge in [-0.3, -0.25) is 4.98 Å². The van der Waals surface area contributed by atoms with E-state index in [0.29, 0.717) is 4.99 Å². The number of pyridine rings is 1. The van der Waals surface area contributed by atoms with E-state index >= 15 is 0 Å². The van der Waals surface area contributed by atoms with Crippen LogP contribution in [0.4, 0.5) is 5.69 Å². The fraction of sp³-hybridized carbons (Fsp3) is 0.500. The number of hydrogen-bond donors (Lipinski definition) is 1. The van der Waals surface area contributed by atoms with Gasteiger partial charge < -0.3 is 15.5 Å². The van der Waals surface area contributed by atoms with E-state index in [0.717, 1.165) is 30.8 Å². The van der Waals surface area contributed by atoms with E-state index in [2.05, 4.69) is 28.9 Å². The molecule has 1 rings (SSSR count). The van der Waals surface area contributed by atoms with Gasteiger partial charge in [-0.05, 0) is 33.1 Å². The van der Waals surface area contributed by atoms with E-state index in [1.165, 1.54) is 0 Å². The van der Waals surface area contributed by atoms with Crippen molar-refractivity contribution in [3.05, 3.63) is 24.0 Å². The number of anilines is 1. The molecule has 0 radical (unpaired) electrons. The van der Waals surface area contributed by atoms with Crippen molar-refractivity contribution >= 4 is 22.9 Å². The summed E-state index contributed by atoms with van der Waals surface area (Å²) < 4.78 is 0. The Morgan fingerprint density at radius 1 is 1.35 bits per heavy atom. The maximum atomic E-state index is 5.70. The normalized spacial score (nSPS) is 10.6. The zero-order chi connectivity index (χ0) is 12.8. The third-order valence-corrected chi connectivity index (χ3v) is 2.80. The summed E-state index contributed by atoms with van der Waals surface area (Å²) in [6.45, 7) is 2.02. The number of rotatable bonds is 6. The molecule has 4 nitrogen and oxygen atoms in total. The Balaban J connectivity index is 2.68. The van der Waals surface area contributed by atoms with Crippen LogP contribution in [0.2, 0.25) is 0 Å². The Labute approximate surface area is 108 Å². The van der Waals surface area contributed by atoms with Gasteiger partial charge in [0.05, 0.1) is 11.9 Å². The largest absolute Gasteiger partial charge is 0.389 e. The van der Waals surface area contributed by atoms with Gasteiger partial charge in [-0.2, -0.15) is 0 Å². The smallest absolute Gasteiger partial charge is 0.106 e. The van der Waals surface area contributed by atoms with E-state index in [4.69, 9.17) is 18.0 Å². The quantitative estimate of drug-likeness (QED) is 0.768. The first-order valence-corrected chi connectivity index (χ1v) is 6.03. The van der Waals surface area contributed by atoms with Crippen LogP contribution in [-0.4, -0.2) is 49.1 Å². The summed E-state index contributed by atoms with van der Waals surface area (Å²) in [5.41, 5.74) is 7.59. The number of thiocarbonyl (C=S) groups is 1. The van der Waals surface area contributed by atoms with Gasteiger partial charge in [0.15, 0.2) is 0 Å². The third kappa shape index (κ3) is 4.28. The Kier molecular flexibility index (Phi) is 5.31. The van der Waals surface area contributed by atoms with Crippen LogP contribution >= 0.6 is 12.2 Å². The minimum atomic E-state index is 0.418. The van der Waals surface area contributed by atoms with E-state index in [1.807, 2.05) is 19.3 Å². The molecule has 94 valence electrons. The lowest BCUT2D eigenvalue weighted by molar-refractivity contribution is 0.401. The highest BCUT2D eigenvalue weighted by molar-refractivity contribution is 7.80. The SMILES string of the molecule is CN(C)CCCN(C)c1cnccc1C(N)=S. The lowest BCUT2D eigenvalue weighted by Crippen LogP contribution is -2.25. The van der Waals surface area contributed by atoms with E-state index < -0.39 is 0 Å². The predicted molar refractivity (Wildman–Crippen MR) is 76.6 cm³/mol. The van der Waals surface area contributed by atoms with Crippen molar-refractivity contribution in [2.24, 2.45) is 5.73 Å². The molecule has 0 saturated heterocycles. The van der Waals surface area contributed by atoms with Crippen molar-refractivity contribution in [1.29, 1.82) is 0 Å². The molecule has 1 aromatic rings. The van der Waals surface area contributed by atoms with Gasteiger partial charge in [0, 0.05) is 25.4 Å². The van der Waals surface area contributed by atoms with E-state index in [1.54, 1.807) is 6.20 Å². The molecule has 0 saturated carbocycles. The maximum absolute atomic E-state index is 5.70. The van der Waals surface area contributed by atoms with Crippen LogP contribution in [0.5, 0.6) is 0 Å². The number of nitrogens with zero attached hydrogens (tertiary/aromatic N) is 3. The standard InChI is InChI=1S/C12H20N4S/c1-15(2)7-4-8-16(3)11-9-14-6-5-10(11)12(13)17/h5-6,9H,4,7-8H2,1-3H3,(H2,13,17). The lowest BCUT2D eigenvalue weighted by atomic mass is 10.2. The highest BCUT2D eigenvalue weighted by Crippen LogP contribution is 2.17. The number of hydrogen-bond acceptors (Lipinski definition) is 4. The minimum absolute atomic E-state index is 0.418. The second kappa shape index (κ2) is 6.51. The molecule has 0 unspecified atom stereocenters. The molecular weight excluding hydrogens is 232 g/mol. The van der Waals surface area contributed by atoms with Crippen molar-refractivity contribution in [3.63, 3.8) is 0 Å². The number of nitrogens with two attached hydrogens (primary N) is 1. The van der Waals surface area contributed by atoms with Gasteiger partial charge in [-0.25, -0.2) is 0 Å². The molecule has 17 heavy (non-hydrogen) atoms. The van der Waals surface area contributed by atoms with Crippen LogP contribution in [0.25, 0.3) is 0 Å². The van der Waals surface area contributed by atoms with Crippen molar-refractivity contribution in [1.82, 2.24) is 9.88 Å². The summed E-state index contributed by atoms with van der Waals surface area (Å²) in [6, 6.07) is 1.86. The van der Waals surface area contributed by atoms with Gasteiger partial charge in [0.25, 0.3) is 0 Å². The Morgan fingerprint density at radius 3 is 2.65 bits per heavy atom. The molecule has 0 amide bonds. The first-order chi connectivity index (χ1) is 8.02. The van der Waals surface area contributed by atoms with Crippen LogP contribution in [0, 0.1) is 0 Å². The average Bonchev–Trinajstić information content (AvgIpc) is 2.28. The van der Waals surface area contributed by atoms with Gasteiger partial charge >= 0.3 is 0 Å². The summed E-state index contributed by atoms with van der Waals surface area (Å²) in [5, 5.41) is 0. The molecule has 0 fully saturated rings. The van der Waals surface area contributed by atoms with E-state index in [-0.39, 0.29) is 0 Å². The Bertz CT molecular complexity index is 379. The Hall–Kier alpha value is -1.20. The molecule has 0 spiro atoms. The highest BCUT2D eigenvalue weighted by Gasteiger charge is 2.09. The lowest BCUT2D eigenvalue weighted by Gasteiger charge is -2.22. The molecule has 0 bridgehead atoms. The zero-order valence-corrected chi connectivity index (χ0v) is 11.5. The summed E-state index contributed by atoms with van der Waals surface area (Å²) >= 11 is 5.04. The van der Waals surface area contributed by atoms with Crippen LogP contribution in [0.1, 0.15) is 12.0 Å². The molecule has 0 aromatic carbocycles. The van der Waals surface area contributed by atoms with Crippen LogP contribution in [-0.2, 0) is 0 Å². The molecule has 0 aliphatic rings. The molecule has 0 aliphatic heterocycles. The second-order valence-electron chi connectivity index (χ2n) is 4.34. The first-order valence-electron chi connectivity index (χ1n) is 5.62. The maximum Gasteiger partial charge on any atom is 0.106 e. The number of aromatic nitrogens is 1. The third-order valence-electron chi connectivity index (χ3n) is 2.58. The summed E-state index contributed by atoms with van der Waals surface area (Å²) in [5.74, 6) is 0. The van der Waals surface area contributed by atoms with Gasteiger partial charge in [0.2, 0.25) is 0 Å². The molecule has 0 aliphatic carbocycles. The van der Waals surface area contributed by atoms with E-state index in [9.17, 15) is 0 Å². The molecule has 1 aromatic heterocycles. The predicted octanol–water partition coefficient (Wildman–Crippen LogP) is 1.10. The first kappa shape index (κ1) is 13.9. The Morgan fingerprint density at radius 2 is 2.06 bits per heavy atom. The highest BCUT2D eigenvalue weighted by atomic mass is 32.1. The second-order valence-corrected chi connectivity index (χ2v) is 4.78. The molecule has 5 heteroatoms. The monoisotopic (exact) mass is 252 g/mol. The fourth-order valence-electron chi connectivity index (χ4n) is 1.64. The van der Waals surface area contributed by atoms with Crippen molar-refractivity contribution in [3.8, 4) is 0 Å². The zero-order valence-electron chi connectivity index (χ0n) is 10.7. The topological polar surface area (TPSA) is 45.4 Å².